The minimum Gasteiger partial charge on any atom is -0.368 e. The van der Waals surface area contributed by atoms with Crippen LogP contribution in [0.5, 0.6) is 0 Å². The van der Waals surface area contributed by atoms with E-state index in [1.807, 2.05) is 0 Å². The van der Waals surface area contributed by atoms with E-state index >= 15 is 0 Å². The second kappa shape index (κ2) is 11.6. The predicted molar refractivity (Wildman–Crippen MR) is 126 cm³/mol. The molecule has 10 nitrogen and oxygen atoms in total. The van der Waals surface area contributed by atoms with Gasteiger partial charge in [0.15, 0.2) is 5.78 Å². The topological polar surface area (TPSA) is 127 Å². The summed E-state index contributed by atoms with van der Waals surface area (Å²) in [5.41, 5.74) is -0.820. The Labute approximate surface area is 209 Å². The van der Waals surface area contributed by atoms with Gasteiger partial charge in [-0.15, -0.1) is 16.8 Å². The molecule has 0 aromatic heterocycles. The van der Waals surface area contributed by atoms with Crippen LogP contribution in [-0.4, -0.2) is 75.1 Å². The number of hydroxylamine groups is 2. The van der Waals surface area contributed by atoms with Crippen LogP contribution in [0.25, 0.3) is 0 Å². The number of thioether (sulfide) groups is 1. The zero-order valence-corrected chi connectivity index (χ0v) is 21.4. The Morgan fingerprint density at radius 2 is 1.63 bits per heavy atom. The largest absolute Gasteiger partial charge is 0.368 e. The SMILES string of the molecule is CC(=O)C(C)(C)OCCCSC1CC(=O)N(C[C@H]2CC[C@H](C(=O)ON3C(=O)CCC3=O)CC2)C1=O. The molecule has 3 aliphatic rings. The van der Waals surface area contributed by atoms with E-state index in [-0.39, 0.29) is 42.8 Å². The van der Waals surface area contributed by atoms with Gasteiger partial charge in [0.05, 0.1) is 11.2 Å². The Kier molecular flexibility index (Phi) is 9.09. The molecule has 35 heavy (non-hydrogen) atoms. The van der Waals surface area contributed by atoms with E-state index in [0.29, 0.717) is 56.1 Å². The van der Waals surface area contributed by atoms with Crippen LogP contribution < -0.4 is 0 Å². The summed E-state index contributed by atoms with van der Waals surface area (Å²) in [5.74, 6) is -1.60. The van der Waals surface area contributed by atoms with Crippen LogP contribution in [0.2, 0.25) is 0 Å². The lowest BCUT2D eigenvalue weighted by molar-refractivity contribution is -0.201. The van der Waals surface area contributed by atoms with Crippen LogP contribution in [0, 0.1) is 11.8 Å². The first-order valence-corrected chi connectivity index (χ1v) is 13.2. The summed E-state index contributed by atoms with van der Waals surface area (Å²) in [5, 5.41) is 0.176. The summed E-state index contributed by atoms with van der Waals surface area (Å²) < 4.78 is 5.60. The number of hydrogen-bond donors (Lipinski definition) is 0. The highest BCUT2D eigenvalue weighted by Gasteiger charge is 2.41. The molecule has 0 aromatic rings. The van der Waals surface area contributed by atoms with Crippen molar-refractivity contribution in [2.75, 3.05) is 18.9 Å². The Hall–Kier alpha value is -2.27. The highest BCUT2D eigenvalue weighted by Crippen LogP contribution is 2.33. The lowest BCUT2D eigenvalue weighted by Gasteiger charge is -2.30. The lowest BCUT2D eigenvalue weighted by Crippen LogP contribution is -2.39. The number of ether oxygens (including phenoxy) is 1. The zero-order chi connectivity index (χ0) is 25.8. The summed E-state index contributed by atoms with van der Waals surface area (Å²) in [4.78, 5) is 78.8. The van der Waals surface area contributed by atoms with E-state index in [2.05, 4.69) is 0 Å². The van der Waals surface area contributed by atoms with E-state index in [1.165, 1.54) is 23.6 Å². The number of amides is 4. The molecule has 0 aromatic carbocycles. The Morgan fingerprint density at radius 1 is 1.00 bits per heavy atom. The highest BCUT2D eigenvalue weighted by atomic mass is 32.2. The van der Waals surface area contributed by atoms with Crippen molar-refractivity contribution in [3.8, 4) is 0 Å². The van der Waals surface area contributed by atoms with Gasteiger partial charge in [-0.3, -0.25) is 28.9 Å². The van der Waals surface area contributed by atoms with Gasteiger partial charge in [0.1, 0.15) is 5.60 Å². The summed E-state index contributed by atoms with van der Waals surface area (Å²) in [6.45, 7) is 5.69. The number of carbonyl (C=O) groups is 6. The molecule has 0 bridgehead atoms. The van der Waals surface area contributed by atoms with Crippen LogP contribution in [-0.2, 0) is 38.3 Å². The summed E-state index contributed by atoms with van der Waals surface area (Å²) in [7, 11) is 0. The van der Waals surface area contributed by atoms with Gasteiger partial charge in [-0.25, -0.2) is 4.79 Å². The van der Waals surface area contributed by atoms with Crippen molar-refractivity contribution >= 4 is 47.1 Å². The number of nitrogens with zero attached hydrogens (tertiary/aromatic N) is 2. The van der Waals surface area contributed by atoms with E-state index in [4.69, 9.17) is 9.57 Å². The summed E-state index contributed by atoms with van der Waals surface area (Å²) >= 11 is 1.44. The van der Waals surface area contributed by atoms with Gasteiger partial charge in [0.2, 0.25) is 11.8 Å². The molecule has 1 unspecified atom stereocenters. The van der Waals surface area contributed by atoms with Crippen LogP contribution in [0.4, 0.5) is 0 Å². The monoisotopic (exact) mass is 510 g/mol. The molecule has 11 heteroatoms. The number of ketones is 1. The van der Waals surface area contributed by atoms with E-state index < -0.39 is 34.6 Å². The number of carbonyl (C=O) groups excluding carboxylic acids is 6. The minimum atomic E-state index is -0.820. The molecule has 3 rings (SSSR count). The van der Waals surface area contributed by atoms with Crippen LogP contribution in [0.15, 0.2) is 0 Å². The van der Waals surface area contributed by atoms with Crippen molar-refractivity contribution < 1.29 is 38.3 Å². The molecule has 0 spiro atoms. The van der Waals surface area contributed by atoms with Crippen LogP contribution in [0.3, 0.4) is 0 Å². The van der Waals surface area contributed by atoms with Gasteiger partial charge in [-0.1, -0.05) is 0 Å². The van der Waals surface area contributed by atoms with Crippen molar-refractivity contribution in [1.82, 2.24) is 9.96 Å². The smallest absolute Gasteiger partial charge is 0.336 e. The molecule has 4 amide bonds. The summed E-state index contributed by atoms with van der Waals surface area (Å²) in [6.07, 6.45) is 3.32. The number of hydrogen-bond acceptors (Lipinski definition) is 9. The molecule has 1 saturated carbocycles. The molecule has 2 heterocycles. The van der Waals surface area contributed by atoms with Crippen molar-refractivity contribution in [3.05, 3.63) is 0 Å². The molecular weight excluding hydrogens is 476 g/mol. The second-order valence-corrected chi connectivity index (χ2v) is 11.2. The third kappa shape index (κ3) is 6.91. The lowest BCUT2D eigenvalue weighted by atomic mass is 9.82. The number of likely N-dealkylation sites (tertiary alicyclic amines) is 1. The maximum atomic E-state index is 12.8. The van der Waals surface area contributed by atoms with Crippen molar-refractivity contribution in [2.24, 2.45) is 11.8 Å². The van der Waals surface area contributed by atoms with Gasteiger partial charge in [0.25, 0.3) is 11.8 Å². The Bertz CT molecular complexity index is 865. The first kappa shape index (κ1) is 27.3. The normalized spacial score (nSPS) is 25.5. The Morgan fingerprint density at radius 3 is 2.23 bits per heavy atom. The average Bonchev–Trinajstić information content (AvgIpc) is 3.26. The fourth-order valence-corrected chi connectivity index (χ4v) is 5.45. The van der Waals surface area contributed by atoms with E-state index in [0.717, 1.165) is 0 Å². The maximum Gasteiger partial charge on any atom is 0.336 e. The molecule has 2 aliphatic heterocycles. The van der Waals surface area contributed by atoms with Crippen LogP contribution in [0.1, 0.15) is 72.1 Å². The molecule has 1 aliphatic carbocycles. The average molecular weight is 511 g/mol. The standard InChI is InChI=1S/C24H34N2O8S/c1-15(27)24(2,3)33-11-4-12-35-18-13-21(30)25(22(18)31)14-16-5-7-17(8-6-16)23(32)34-26-19(28)9-10-20(26)29/h16-18H,4-14H2,1-3H3/t16-,17-,18?. The fraction of sp³-hybridized carbons (Fsp3) is 0.750. The third-order valence-corrected chi connectivity index (χ3v) is 8.22. The molecule has 0 radical (unpaired) electrons. The molecule has 194 valence electrons. The fourth-order valence-electron chi connectivity index (χ4n) is 4.35. The molecule has 0 N–H and O–H groups in total. The third-order valence-electron chi connectivity index (χ3n) is 6.93. The van der Waals surface area contributed by atoms with Gasteiger partial charge < -0.3 is 9.57 Å². The first-order chi connectivity index (χ1) is 16.5. The number of imide groups is 2. The second-order valence-electron chi connectivity index (χ2n) is 9.88. The highest BCUT2D eigenvalue weighted by molar-refractivity contribution is 8.00. The van der Waals surface area contributed by atoms with Gasteiger partial charge in [-0.2, -0.15) is 0 Å². The number of rotatable bonds is 11. The predicted octanol–water partition coefficient (Wildman–Crippen LogP) is 2.04. The molecule has 2 saturated heterocycles. The molecule has 1 atom stereocenters. The van der Waals surface area contributed by atoms with Crippen LogP contribution >= 0.6 is 11.8 Å². The van der Waals surface area contributed by atoms with Gasteiger partial charge in [0, 0.05) is 32.4 Å². The zero-order valence-electron chi connectivity index (χ0n) is 20.6. The van der Waals surface area contributed by atoms with E-state index in [1.54, 1.807) is 13.8 Å². The number of Topliss-reactive ketones (excluding diaryl/α,β-unsaturated/α-hetero) is 1. The van der Waals surface area contributed by atoms with E-state index in [9.17, 15) is 28.8 Å². The minimum absolute atomic E-state index is 0.0416. The van der Waals surface area contributed by atoms with Crippen molar-refractivity contribution in [2.45, 2.75) is 83.0 Å². The summed E-state index contributed by atoms with van der Waals surface area (Å²) in [6, 6.07) is 0. The first-order valence-electron chi connectivity index (χ1n) is 12.2. The van der Waals surface area contributed by atoms with Gasteiger partial charge in [-0.05, 0) is 64.5 Å². The quantitative estimate of drug-likeness (QED) is 0.303. The molecular formula is C24H34N2O8S. The maximum absolute atomic E-state index is 12.8. The molecule has 3 fully saturated rings. The van der Waals surface area contributed by atoms with Gasteiger partial charge >= 0.3 is 5.97 Å². The van der Waals surface area contributed by atoms with Crippen molar-refractivity contribution in [3.63, 3.8) is 0 Å². The van der Waals surface area contributed by atoms with Crippen molar-refractivity contribution in [1.29, 1.82) is 0 Å². The Balaban J connectivity index is 1.37.